The fraction of sp³-hybridized carbons (Fsp3) is 0.300. The third-order valence-electron chi connectivity index (χ3n) is 2.14. The second-order valence-corrected chi connectivity index (χ2v) is 4.46. The lowest BCUT2D eigenvalue weighted by molar-refractivity contribution is 0.888. The van der Waals surface area contributed by atoms with Gasteiger partial charge in [-0.3, -0.25) is 0 Å². The lowest BCUT2D eigenvalue weighted by atomic mass is 10.4. The van der Waals surface area contributed by atoms with Gasteiger partial charge >= 0.3 is 0 Å². The number of nitrogens with one attached hydrogen (secondary N) is 1. The summed E-state index contributed by atoms with van der Waals surface area (Å²) in [7, 11) is 2.03. The highest BCUT2D eigenvalue weighted by Crippen LogP contribution is 2.21. The molecule has 0 saturated carbocycles. The third kappa shape index (κ3) is 2.37. The maximum atomic E-state index is 5.55. The van der Waals surface area contributed by atoms with Crippen LogP contribution in [-0.2, 0) is 13.1 Å². The van der Waals surface area contributed by atoms with Gasteiger partial charge in [0.25, 0.3) is 0 Å². The van der Waals surface area contributed by atoms with Gasteiger partial charge in [-0.1, -0.05) is 0 Å². The third-order valence-corrected chi connectivity index (χ3v) is 3.27. The molecule has 0 amide bonds. The zero-order chi connectivity index (χ0) is 10.7. The molecule has 0 spiro atoms. The van der Waals surface area contributed by atoms with Crippen LogP contribution in [0.25, 0.3) is 0 Å². The van der Waals surface area contributed by atoms with E-state index < -0.39 is 0 Å². The van der Waals surface area contributed by atoms with E-state index in [1.165, 1.54) is 5.69 Å². The number of nitrogens with two attached hydrogens (primary N) is 1. The minimum Gasteiger partial charge on any atom is -0.364 e. The highest BCUT2D eigenvalue weighted by molar-refractivity contribution is 7.15. The minimum absolute atomic E-state index is 0.564. The predicted molar refractivity (Wildman–Crippen MR) is 62.9 cm³/mol. The second kappa shape index (κ2) is 4.46. The Morgan fingerprint density at radius 1 is 1.60 bits per heavy atom. The number of aromatic amines is 1. The monoisotopic (exact) mass is 222 g/mol. The van der Waals surface area contributed by atoms with Crippen LogP contribution in [0.2, 0.25) is 0 Å². The summed E-state index contributed by atoms with van der Waals surface area (Å²) in [4.78, 5) is 10.7. The number of rotatable bonds is 4. The van der Waals surface area contributed by atoms with Gasteiger partial charge in [-0.2, -0.15) is 0 Å². The van der Waals surface area contributed by atoms with Gasteiger partial charge in [0.15, 0.2) is 5.13 Å². The molecule has 0 radical (unpaired) electrons. The molecule has 0 saturated heterocycles. The molecule has 2 rings (SSSR count). The first-order valence-electron chi connectivity index (χ1n) is 4.78. The van der Waals surface area contributed by atoms with E-state index in [9.17, 15) is 0 Å². The maximum Gasteiger partial charge on any atom is 0.185 e. The Balaban J connectivity index is 2.04. The van der Waals surface area contributed by atoms with Crippen LogP contribution in [0, 0.1) is 0 Å². The summed E-state index contributed by atoms with van der Waals surface area (Å²) in [5.74, 6) is 0. The number of H-pyrrole nitrogens is 1. The van der Waals surface area contributed by atoms with Crippen LogP contribution in [0.4, 0.5) is 5.13 Å². The minimum atomic E-state index is 0.564. The van der Waals surface area contributed by atoms with E-state index in [4.69, 9.17) is 5.73 Å². The van der Waals surface area contributed by atoms with E-state index in [-0.39, 0.29) is 0 Å². The topological polar surface area (TPSA) is 57.9 Å². The quantitative estimate of drug-likeness (QED) is 0.825. The van der Waals surface area contributed by atoms with Gasteiger partial charge in [0.2, 0.25) is 0 Å². The summed E-state index contributed by atoms with van der Waals surface area (Å²) in [5, 5.41) is 1.00. The summed E-state index contributed by atoms with van der Waals surface area (Å²) < 4.78 is 0. The molecule has 0 aliphatic rings. The average Bonchev–Trinajstić information content (AvgIpc) is 2.86. The number of hydrogen-bond acceptors (Lipinski definition) is 4. The van der Waals surface area contributed by atoms with Crippen LogP contribution in [0.1, 0.15) is 10.6 Å². The number of nitrogens with zero attached hydrogens (tertiary/aromatic N) is 2. The van der Waals surface area contributed by atoms with Crippen LogP contribution in [0.5, 0.6) is 0 Å². The van der Waals surface area contributed by atoms with Gasteiger partial charge in [-0.15, -0.1) is 11.3 Å². The molecule has 3 N–H and O–H groups in total. The van der Waals surface area contributed by atoms with Gasteiger partial charge in [-0.05, 0) is 12.1 Å². The van der Waals surface area contributed by atoms with E-state index in [1.54, 1.807) is 11.3 Å². The molecule has 4 nitrogen and oxygen atoms in total. The molecular formula is C10H14N4S. The molecule has 0 atom stereocenters. The molecule has 2 aromatic heterocycles. The largest absolute Gasteiger partial charge is 0.364 e. The van der Waals surface area contributed by atoms with Crippen LogP contribution >= 0.6 is 11.3 Å². The molecule has 15 heavy (non-hydrogen) atoms. The smallest absolute Gasteiger partial charge is 0.185 e. The fourth-order valence-corrected chi connectivity index (χ4v) is 2.11. The first-order chi connectivity index (χ1) is 7.29. The Bertz CT molecular complexity index is 407. The lowest BCUT2D eigenvalue weighted by Gasteiger charge is -2.14. The van der Waals surface area contributed by atoms with Crippen molar-refractivity contribution < 1.29 is 0 Å². The van der Waals surface area contributed by atoms with E-state index in [1.807, 2.05) is 25.5 Å². The van der Waals surface area contributed by atoms with Crippen molar-refractivity contribution in [3.05, 3.63) is 35.1 Å². The zero-order valence-electron chi connectivity index (χ0n) is 8.60. The molecule has 0 aliphatic heterocycles. The Morgan fingerprint density at radius 2 is 2.47 bits per heavy atom. The van der Waals surface area contributed by atoms with Gasteiger partial charge in [-0.25, -0.2) is 4.98 Å². The molecule has 0 aliphatic carbocycles. The molecule has 0 aromatic carbocycles. The summed E-state index contributed by atoms with van der Waals surface area (Å²) in [6.07, 6.45) is 3.77. The van der Waals surface area contributed by atoms with Crippen LogP contribution in [-0.4, -0.2) is 17.0 Å². The number of hydrogen-bond donors (Lipinski definition) is 2. The highest BCUT2D eigenvalue weighted by atomic mass is 32.1. The lowest BCUT2D eigenvalue weighted by Crippen LogP contribution is -2.16. The van der Waals surface area contributed by atoms with Crippen molar-refractivity contribution in [2.75, 3.05) is 11.9 Å². The maximum absolute atomic E-state index is 5.55. The Labute approximate surface area is 92.8 Å². The van der Waals surface area contributed by atoms with Gasteiger partial charge in [0.1, 0.15) is 0 Å². The predicted octanol–water partition coefficient (Wildman–Crippen LogP) is 1.57. The highest BCUT2D eigenvalue weighted by Gasteiger charge is 2.06. The van der Waals surface area contributed by atoms with E-state index in [2.05, 4.69) is 20.9 Å². The Hall–Kier alpha value is -1.33. The van der Waals surface area contributed by atoms with Crippen LogP contribution in [0.3, 0.4) is 0 Å². The van der Waals surface area contributed by atoms with Crippen molar-refractivity contribution in [1.82, 2.24) is 9.97 Å². The molecule has 0 unspecified atom stereocenters. The number of thiazole rings is 1. The normalized spacial score (nSPS) is 10.5. The Morgan fingerprint density at radius 3 is 3.07 bits per heavy atom. The SMILES string of the molecule is CN(Cc1ccc[nH]1)c1ncc(CN)s1. The van der Waals surface area contributed by atoms with E-state index >= 15 is 0 Å². The zero-order valence-corrected chi connectivity index (χ0v) is 9.42. The molecule has 2 heterocycles. The molecule has 0 fully saturated rings. The summed E-state index contributed by atoms with van der Waals surface area (Å²) in [5.41, 5.74) is 6.73. The van der Waals surface area contributed by atoms with E-state index in [0.29, 0.717) is 6.54 Å². The number of anilines is 1. The molecular weight excluding hydrogens is 208 g/mol. The molecule has 2 aromatic rings. The van der Waals surface area contributed by atoms with Crippen molar-refractivity contribution in [3.63, 3.8) is 0 Å². The molecule has 5 heteroatoms. The van der Waals surface area contributed by atoms with Gasteiger partial charge in [0, 0.05) is 36.6 Å². The standard InChI is InChI=1S/C10H14N4S/c1-14(7-8-3-2-4-12-8)10-13-6-9(5-11)15-10/h2-4,6,12H,5,7,11H2,1H3. The summed E-state index contributed by atoms with van der Waals surface area (Å²) >= 11 is 1.64. The first kappa shape index (κ1) is 10.2. The van der Waals surface area contributed by atoms with E-state index in [0.717, 1.165) is 16.6 Å². The molecule has 0 bridgehead atoms. The van der Waals surface area contributed by atoms with Crippen molar-refractivity contribution in [1.29, 1.82) is 0 Å². The average molecular weight is 222 g/mol. The Kier molecular flexibility index (Phi) is 3.03. The molecule has 80 valence electrons. The van der Waals surface area contributed by atoms with Crippen LogP contribution in [0.15, 0.2) is 24.5 Å². The second-order valence-electron chi connectivity index (χ2n) is 3.36. The van der Waals surface area contributed by atoms with Crippen LogP contribution < -0.4 is 10.6 Å². The van der Waals surface area contributed by atoms with Crippen molar-refractivity contribution in [2.45, 2.75) is 13.1 Å². The van der Waals surface area contributed by atoms with Gasteiger partial charge in [0.05, 0.1) is 6.54 Å². The first-order valence-corrected chi connectivity index (χ1v) is 5.59. The van der Waals surface area contributed by atoms with Crippen molar-refractivity contribution in [2.24, 2.45) is 5.73 Å². The van der Waals surface area contributed by atoms with Crippen molar-refractivity contribution >= 4 is 16.5 Å². The summed E-state index contributed by atoms with van der Waals surface area (Å²) in [6.45, 7) is 1.40. The fourth-order valence-electron chi connectivity index (χ4n) is 1.36. The summed E-state index contributed by atoms with van der Waals surface area (Å²) in [6, 6.07) is 4.06. The van der Waals surface area contributed by atoms with Gasteiger partial charge < -0.3 is 15.6 Å². The number of aromatic nitrogens is 2. The van der Waals surface area contributed by atoms with Crippen molar-refractivity contribution in [3.8, 4) is 0 Å².